The maximum Gasteiger partial charge on any atom is 0.278 e. The topological polar surface area (TPSA) is 52.0 Å². The molecule has 7 heteroatoms. The van der Waals surface area contributed by atoms with E-state index in [2.05, 4.69) is 21.0 Å². The molecule has 1 aromatic heterocycles. The van der Waals surface area contributed by atoms with Crippen LogP contribution in [0.5, 0.6) is 0 Å². The van der Waals surface area contributed by atoms with Crippen molar-refractivity contribution < 1.29 is 8.42 Å². The molecule has 1 aromatic carbocycles. The van der Waals surface area contributed by atoms with Gasteiger partial charge < -0.3 is 0 Å². The Balaban J connectivity index is 2.45. The van der Waals surface area contributed by atoms with Gasteiger partial charge in [-0.2, -0.15) is 5.10 Å². The average molecular weight is 350 g/mol. The first kappa shape index (κ1) is 13.6. The Hall–Kier alpha value is -0.850. The van der Waals surface area contributed by atoms with Gasteiger partial charge in [0.2, 0.25) is 0 Å². The minimum Gasteiger partial charge on any atom is -0.248 e. The van der Waals surface area contributed by atoms with Crippen LogP contribution in [0.2, 0.25) is 0 Å². The molecule has 0 spiro atoms. The number of nitrogens with zero attached hydrogens (tertiary/aromatic N) is 2. The van der Waals surface area contributed by atoms with Crippen LogP contribution in [0.4, 0.5) is 0 Å². The Kier molecular flexibility index (Phi) is 3.79. The SMILES string of the molecule is Cc1cc(S(=O)(=O)Cl)n(Cc2ccccc2Br)n1. The molecule has 0 radical (unpaired) electrons. The van der Waals surface area contributed by atoms with Gasteiger partial charge >= 0.3 is 0 Å². The van der Waals surface area contributed by atoms with Gasteiger partial charge in [0.15, 0.2) is 5.03 Å². The highest BCUT2D eigenvalue weighted by molar-refractivity contribution is 9.10. The van der Waals surface area contributed by atoms with Crippen LogP contribution in [-0.4, -0.2) is 18.2 Å². The lowest BCUT2D eigenvalue weighted by molar-refractivity contribution is 0.572. The van der Waals surface area contributed by atoms with E-state index in [0.717, 1.165) is 10.0 Å². The minimum atomic E-state index is -3.79. The van der Waals surface area contributed by atoms with Gasteiger partial charge in [-0.05, 0) is 24.6 Å². The van der Waals surface area contributed by atoms with Crippen molar-refractivity contribution in [2.45, 2.75) is 18.5 Å². The average Bonchev–Trinajstić information content (AvgIpc) is 2.63. The molecule has 18 heavy (non-hydrogen) atoms. The maximum absolute atomic E-state index is 11.4. The zero-order chi connectivity index (χ0) is 13.3. The minimum absolute atomic E-state index is 0.0115. The summed E-state index contributed by atoms with van der Waals surface area (Å²) < 4.78 is 25.2. The highest BCUT2D eigenvalue weighted by Crippen LogP contribution is 2.21. The van der Waals surface area contributed by atoms with E-state index in [1.807, 2.05) is 24.3 Å². The molecule has 2 rings (SSSR count). The molecule has 0 N–H and O–H groups in total. The Morgan fingerprint density at radius 3 is 2.67 bits per heavy atom. The number of rotatable bonds is 3. The summed E-state index contributed by atoms with van der Waals surface area (Å²) in [7, 11) is 1.59. The molecular weight excluding hydrogens is 340 g/mol. The van der Waals surface area contributed by atoms with Crippen molar-refractivity contribution in [3.63, 3.8) is 0 Å². The summed E-state index contributed by atoms with van der Waals surface area (Å²) in [5.74, 6) is 0. The zero-order valence-electron chi connectivity index (χ0n) is 9.47. The lowest BCUT2D eigenvalue weighted by Crippen LogP contribution is -2.08. The first-order valence-corrected chi connectivity index (χ1v) is 8.20. The van der Waals surface area contributed by atoms with Gasteiger partial charge in [-0.1, -0.05) is 34.1 Å². The predicted octanol–water partition coefficient (Wildman–Crippen LogP) is 2.93. The van der Waals surface area contributed by atoms with Gasteiger partial charge in [-0.15, -0.1) is 0 Å². The molecule has 0 amide bonds. The molecule has 96 valence electrons. The first-order chi connectivity index (χ1) is 8.38. The number of aromatic nitrogens is 2. The fourth-order valence-corrected chi connectivity index (χ4v) is 3.07. The normalized spacial score (nSPS) is 11.7. The quantitative estimate of drug-likeness (QED) is 0.801. The summed E-state index contributed by atoms with van der Waals surface area (Å²) >= 11 is 3.41. The third-order valence-corrected chi connectivity index (χ3v) is 4.47. The van der Waals surface area contributed by atoms with E-state index >= 15 is 0 Å². The largest absolute Gasteiger partial charge is 0.278 e. The lowest BCUT2D eigenvalue weighted by Gasteiger charge is -2.07. The van der Waals surface area contributed by atoms with E-state index in [1.165, 1.54) is 10.7 Å². The van der Waals surface area contributed by atoms with Gasteiger partial charge in [0.05, 0.1) is 12.2 Å². The standard InChI is InChI=1S/C11H10BrClN2O2S/c1-8-6-11(18(13,16)17)15(14-8)7-9-4-2-3-5-10(9)12/h2-6H,7H2,1H3. The molecule has 2 aromatic rings. The summed E-state index contributed by atoms with van der Waals surface area (Å²) in [5.41, 5.74) is 1.54. The van der Waals surface area contributed by atoms with E-state index in [1.54, 1.807) is 6.92 Å². The second-order valence-corrected chi connectivity index (χ2v) is 7.18. The lowest BCUT2D eigenvalue weighted by atomic mass is 10.2. The van der Waals surface area contributed by atoms with Gasteiger partial charge in [0.25, 0.3) is 9.05 Å². The van der Waals surface area contributed by atoms with Gasteiger partial charge in [0.1, 0.15) is 0 Å². The molecule has 0 atom stereocenters. The predicted molar refractivity (Wildman–Crippen MR) is 73.2 cm³/mol. The van der Waals surface area contributed by atoms with Crippen molar-refractivity contribution in [2.75, 3.05) is 0 Å². The fourth-order valence-electron chi connectivity index (χ4n) is 1.62. The van der Waals surface area contributed by atoms with Crippen LogP contribution >= 0.6 is 26.6 Å². The Bertz CT molecular complexity index is 682. The summed E-state index contributed by atoms with van der Waals surface area (Å²) in [6, 6.07) is 9.01. The van der Waals surface area contributed by atoms with Gasteiger partial charge in [0, 0.05) is 15.2 Å². The Labute approximate surface area is 118 Å². The van der Waals surface area contributed by atoms with Crippen molar-refractivity contribution in [3.8, 4) is 0 Å². The molecule has 0 saturated carbocycles. The van der Waals surface area contributed by atoms with E-state index in [9.17, 15) is 8.42 Å². The molecule has 0 aliphatic heterocycles. The van der Waals surface area contributed by atoms with Crippen LogP contribution in [0.3, 0.4) is 0 Å². The third-order valence-electron chi connectivity index (χ3n) is 2.39. The monoisotopic (exact) mass is 348 g/mol. The maximum atomic E-state index is 11.4. The molecule has 0 saturated heterocycles. The molecule has 0 unspecified atom stereocenters. The first-order valence-electron chi connectivity index (χ1n) is 5.10. The Morgan fingerprint density at radius 1 is 1.39 bits per heavy atom. The van der Waals surface area contributed by atoms with Crippen LogP contribution in [0, 0.1) is 6.92 Å². The van der Waals surface area contributed by atoms with E-state index in [-0.39, 0.29) is 5.03 Å². The van der Waals surface area contributed by atoms with Crippen LogP contribution in [0.1, 0.15) is 11.3 Å². The van der Waals surface area contributed by atoms with Gasteiger partial charge in [-0.25, -0.2) is 13.1 Å². The van der Waals surface area contributed by atoms with Crippen molar-refractivity contribution >= 4 is 35.7 Å². The van der Waals surface area contributed by atoms with Crippen LogP contribution in [-0.2, 0) is 15.6 Å². The van der Waals surface area contributed by atoms with E-state index in [0.29, 0.717) is 12.2 Å². The van der Waals surface area contributed by atoms with Crippen molar-refractivity contribution in [1.29, 1.82) is 0 Å². The second-order valence-electron chi connectivity index (χ2n) is 3.81. The van der Waals surface area contributed by atoms with E-state index in [4.69, 9.17) is 10.7 Å². The number of benzene rings is 1. The molecule has 0 aliphatic rings. The highest BCUT2D eigenvalue weighted by Gasteiger charge is 2.18. The highest BCUT2D eigenvalue weighted by atomic mass is 79.9. The molecule has 0 aliphatic carbocycles. The summed E-state index contributed by atoms with van der Waals surface area (Å²) in [5, 5.41) is 4.16. The van der Waals surface area contributed by atoms with Crippen LogP contribution in [0.15, 0.2) is 39.8 Å². The van der Waals surface area contributed by atoms with Crippen LogP contribution in [0.25, 0.3) is 0 Å². The molecular formula is C11H10BrClN2O2S. The zero-order valence-corrected chi connectivity index (χ0v) is 12.6. The number of hydrogen-bond donors (Lipinski definition) is 0. The van der Waals surface area contributed by atoms with E-state index < -0.39 is 9.05 Å². The second kappa shape index (κ2) is 5.03. The summed E-state index contributed by atoms with van der Waals surface area (Å²) in [4.78, 5) is 0. The van der Waals surface area contributed by atoms with Gasteiger partial charge in [-0.3, -0.25) is 0 Å². The smallest absolute Gasteiger partial charge is 0.248 e. The summed E-state index contributed by atoms with van der Waals surface area (Å²) in [6.45, 7) is 2.07. The number of halogens is 2. The Morgan fingerprint density at radius 2 is 2.06 bits per heavy atom. The number of aryl methyl sites for hydroxylation is 1. The fraction of sp³-hybridized carbons (Fsp3) is 0.182. The van der Waals surface area contributed by atoms with Crippen molar-refractivity contribution in [1.82, 2.24) is 9.78 Å². The molecule has 4 nitrogen and oxygen atoms in total. The molecule has 0 fully saturated rings. The summed E-state index contributed by atoms with van der Waals surface area (Å²) in [6.07, 6.45) is 0. The third kappa shape index (κ3) is 2.93. The van der Waals surface area contributed by atoms with Crippen LogP contribution < -0.4 is 0 Å². The molecule has 1 heterocycles. The molecule has 0 bridgehead atoms. The van der Waals surface area contributed by atoms with Crippen molar-refractivity contribution in [2.24, 2.45) is 0 Å². The van der Waals surface area contributed by atoms with Crippen molar-refractivity contribution in [3.05, 3.63) is 46.1 Å². The number of hydrogen-bond acceptors (Lipinski definition) is 3.